The maximum absolute atomic E-state index is 12.6. The molecule has 1 saturated heterocycles. The number of rotatable bonds is 6. The smallest absolute Gasteiger partial charge is 0.238 e. The van der Waals surface area contributed by atoms with E-state index in [-0.39, 0.29) is 23.4 Å². The molecule has 0 spiro atoms. The summed E-state index contributed by atoms with van der Waals surface area (Å²) in [6.45, 7) is 0. The van der Waals surface area contributed by atoms with Gasteiger partial charge in [0.15, 0.2) is 5.17 Å². The first kappa shape index (κ1) is 20.4. The number of nitrogens with zero attached hydrogens (tertiary/aromatic N) is 2. The number of carbonyl (C=O) groups is 2. The Morgan fingerprint density at radius 3 is 2.66 bits per heavy atom. The van der Waals surface area contributed by atoms with E-state index in [1.807, 2.05) is 24.3 Å². The van der Waals surface area contributed by atoms with E-state index in [9.17, 15) is 9.59 Å². The molecule has 1 fully saturated rings. The molecule has 0 bridgehead atoms. The van der Waals surface area contributed by atoms with Gasteiger partial charge in [-0.15, -0.1) is 5.10 Å². The third-order valence-electron chi connectivity index (χ3n) is 3.97. The summed E-state index contributed by atoms with van der Waals surface area (Å²) in [5, 5.41) is 13.1. The van der Waals surface area contributed by atoms with Crippen molar-refractivity contribution in [1.29, 1.82) is 0 Å². The summed E-state index contributed by atoms with van der Waals surface area (Å²) in [5.74, 6) is 0.804. The molecule has 1 aliphatic rings. The predicted molar refractivity (Wildman–Crippen MR) is 114 cm³/mol. The fourth-order valence-electron chi connectivity index (χ4n) is 2.50. The van der Waals surface area contributed by atoms with Gasteiger partial charge in [0.25, 0.3) is 0 Å². The number of hydrogen-bond donors (Lipinski definition) is 2. The van der Waals surface area contributed by atoms with Gasteiger partial charge in [0.05, 0.1) is 20.4 Å². The Labute approximate surface area is 172 Å². The second-order valence-corrected chi connectivity index (χ2v) is 7.19. The van der Waals surface area contributed by atoms with Crippen molar-refractivity contribution < 1.29 is 19.1 Å². The molecule has 1 heterocycles. The van der Waals surface area contributed by atoms with Gasteiger partial charge in [-0.2, -0.15) is 5.10 Å². The molecule has 29 heavy (non-hydrogen) atoms. The highest BCUT2D eigenvalue weighted by Gasteiger charge is 2.30. The molecule has 1 unspecified atom stereocenters. The first-order valence-electron chi connectivity index (χ1n) is 8.74. The lowest BCUT2D eigenvalue weighted by Crippen LogP contribution is -2.41. The van der Waals surface area contributed by atoms with Gasteiger partial charge in [0, 0.05) is 18.2 Å². The minimum atomic E-state index is -0.607. The third kappa shape index (κ3) is 5.82. The van der Waals surface area contributed by atoms with Crippen LogP contribution in [0.1, 0.15) is 12.0 Å². The predicted octanol–water partition coefficient (Wildman–Crippen LogP) is 2.65. The molecule has 2 amide bonds. The van der Waals surface area contributed by atoms with Gasteiger partial charge in [-0.25, -0.2) is 0 Å². The zero-order chi connectivity index (χ0) is 20.6. The summed E-state index contributed by atoms with van der Waals surface area (Å²) < 4.78 is 10.2. The number of amidine groups is 1. The molecule has 0 aromatic heterocycles. The lowest BCUT2D eigenvalue weighted by Gasteiger charge is -2.21. The topological polar surface area (TPSA) is 101 Å². The average molecular weight is 412 g/mol. The van der Waals surface area contributed by atoms with Crippen LogP contribution in [0.5, 0.6) is 11.5 Å². The van der Waals surface area contributed by atoms with Crippen LogP contribution >= 0.6 is 11.8 Å². The summed E-state index contributed by atoms with van der Waals surface area (Å²) in [5.41, 5.74) is 1.42. The van der Waals surface area contributed by atoms with Gasteiger partial charge >= 0.3 is 0 Å². The van der Waals surface area contributed by atoms with E-state index in [0.29, 0.717) is 11.4 Å². The largest absolute Gasteiger partial charge is 0.497 e. The van der Waals surface area contributed by atoms with Crippen LogP contribution in [0.2, 0.25) is 0 Å². The fourth-order valence-corrected chi connectivity index (χ4v) is 3.44. The summed E-state index contributed by atoms with van der Waals surface area (Å²) in [4.78, 5) is 24.5. The first-order valence-corrected chi connectivity index (χ1v) is 9.62. The Hall–Kier alpha value is -3.33. The van der Waals surface area contributed by atoms with Gasteiger partial charge < -0.3 is 20.1 Å². The number of anilines is 1. The van der Waals surface area contributed by atoms with Crippen molar-refractivity contribution in [2.24, 2.45) is 10.2 Å². The Morgan fingerprint density at radius 1 is 1.17 bits per heavy atom. The molecule has 1 atom stereocenters. The fraction of sp³-hybridized carbons (Fsp3) is 0.200. The van der Waals surface area contributed by atoms with Gasteiger partial charge in [-0.3, -0.25) is 9.59 Å². The van der Waals surface area contributed by atoms with Crippen LogP contribution in [0.15, 0.2) is 58.7 Å². The van der Waals surface area contributed by atoms with Crippen molar-refractivity contribution >= 4 is 40.6 Å². The monoisotopic (exact) mass is 412 g/mol. The Balaban J connectivity index is 1.64. The SMILES string of the molecule is COc1ccc(C=NN=C2NC(=O)CC(C(=O)Nc3cccc(OC)c3)S2)cc1. The molecule has 3 rings (SSSR count). The summed E-state index contributed by atoms with van der Waals surface area (Å²) in [6, 6.07) is 14.3. The number of methoxy groups -OCH3 is 2. The minimum absolute atomic E-state index is 0.0572. The van der Waals surface area contributed by atoms with Crippen molar-refractivity contribution in [1.82, 2.24) is 5.32 Å². The number of hydrogen-bond acceptors (Lipinski definition) is 7. The van der Waals surface area contributed by atoms with E-state index in [2.05, 4.69) is 20.8 Å². The molecule has 0 radical (unpaired) electrons. The van der Waals surface area contributed by atoms with Crippen LogP contribution in [-0.2, 0) is 9.59 Å². The lowest BCUT2D eigenvalue weighted by atomic mass is 10.2. The number of ether oxygens (including phenoxy) is 2. The van der Waals surface area contributed by atoms with Gasteiger partial charge in [-0.05, 0) is 42.0 Å². The summed E-state index contributed by atoms with van der Waals surface area (Å²) in [7, 11) is 3.15. The standard InChI is InChI=1S/C20H20N4O4S/c1-27-15-8-6-13(7-9-15)12-21-24-20-23-18(25)11-17(29-20)19(26)22-14-4-3-5-16(10-14)28-2/h3-10,12,17H,11H2,1-2H3,(H,22,26)(H,23,24,25). The quantitative estimate of drug-likeness (QED) is 0.561. The number of carbonyl (C=O) groups excluding carboxylic acids is 2. The maximum Gasteiger partial charge on any atom is 0.238 e. The second-order valence-electron chi connectivity index (χ2n) is 6.00. The molecule has 2 aromatic carbocycles. The highest BCUT2D eigenvalue weighted by atomic mass is 32.2. The number of thioether (sulfide) groups is 1. The molecule has 150 valence electrons. The van der Waals surface area contributed by atoms with Gasteiger partial charge in [-0.1, -0.05) is 17.8 Å². The van der Waals surface area contributed by atoms with E-state index in [1.165, 1.54) is 0 Å². The minimum Gasteiger partial charge on any atom is -0.497 e. The lowest BCUT2D eigenvalue weighted by molar-refractivity contribution is -0.123. The van der Waals surface area contributed by atoms with E-state index >= 15 is 0 Å². The molecule has 2 N–H and O–H groups in total. The van der Waals surface area contributed by atoms with Crippen LogP contribution in [0.25, 0.3) is 0 Å². The molecule has 0 aliphatic carbocycles. The maximum atomic E-state index is 12.6. The molecule has 0 saturated carbocycles. The van der Waals surface area contributed by atoms with Crippen molar-refractivity contribution in [3.05, 3.63) is 54.1 Å². The Kier molecular flexibility index (Phi) is 6.85. The van der Waals surface area contributed by atoms with Crippen molar-refractivity contribution in [2.45, 2.75) is 11.7 Å². The van der Waals surface area contributed by atoms with E-state index in [4.69, 9.17) is 9.47 Å². The molecular formula is C20H20N4O4S. The van der Waals surface area contributed by atoms with Crippen LogP contribution in [0.4, 0.5) is 5.69 Å². The van der Waals surface area contributed by atoms with E-state index in [0.717, 1.165) is 23.1 Å². The zero-order valence-corrected chi connectivity index (χ0v) is 16.7. The van der Waals surface area contributed by atoms with Crippen molar-refractivity contribution in [2.75, 3.05) is 19.5 Å². The number of benzene rings is 2. The summed E-state index contributed by atoms with van der Waals surface area (Å²) in [6.07, 6.45) is 1.61. The van der Waals surface area contributed by atoms with Crippen LogP contribution in [-0.4, -0.2) is 42.7 Å². The summed E-state index contributed by atoms with van der Waals surface area (Å²) >= 11 is 1.15. The highest BCUT2D eigenvalue weighted by molar-refractivity contribution is 8.15. The van der Waals surface area contributed by atoms with Gasteiger partial charge in [0.2, 0.25) is 11.8 Å². The van der Waals surface area contributed by atoms with Crippen molar-refractivity contribution in [3.8, 4) is 11.5 Å². The van der Waals surface area contributed by atoms with Crippen LogP contribution in [0.3, 0.4) is 0 Å². The van der Waals surface area contributed by atoms with E-state index in [1.54, 1.807) is 44.7 Å². The molecule has 9 heteroatoms. The van der Waals surface area contributed by atoms with Crippen molar-refractivity contribution in [3.63, 3.8) is 0 Å². The Morgan fingerprint density at radius 2 is 1.93 bits per heavy atom. The normalized spacial score (nSPS) is 17.8. The zero-order valence-electron chi connectivity index (χ0n) is 15.9. The van der Waals surface area contributed by atoms with Crippen LogP contribution in [0, 0.1) is 0 Å². The van der Waals surface area contributed by atoms with E-state index < -0.39 is 5.25 Å². The number of nitrogens with one attached hydrogen (secondary N) is 2. The highest BCUT2D eigenvalue weighted by Crippen LogP contribution is 2.24. The van der Waals surface area contributed by atoms with Crippen LogP contribution < -0.4 is 20.1 Å². The van der Waals surface area contributed by atoms with Gasteiger partial charge in [0.1, 0.15) is 16.7 Å². The molecule has 2 aromatic rings. The second kappa shape index (κ2) is 9.74. The molecular weight excluding hydrogens is 392 g/mol. The average Bonchev–Trinajstić information content (AvgIpc) is 2.74. The molecule has 8 nitrogen and oxygen atoms in total. The molecule has 1 aliphatic heterocycles. The first-order chi connectivity index (χ1) is 14.1. The number of amides is 2. The Bertz CT molecular complexity index is 944. The third-order valence-corrected chi connectivity index (χ3v) is 5.04.